The van der Waals surface area contributed by atoms with Gasteiger partial charge < -0.3 is 16.2 Å². The first kappa shape index (κ1) is 10.5. The summed E-state index contributed by atoms with van der Waals surface area (Å²) in [5.74, 6) is 0.799. The van der Waals surface area contributed by atoms with E-state index in [1.807, 2.05) is 18.2 Å². The highest BCUT2D eigenvalue weighted by atomic mass is 16.5. The summed E-state index contributed by atoms with van der Waals surface area (Å²) in [7, 11) is 0. The van der Waals surface area contributed by atoms with Crippen LogP contribution >= 0.6 is 0 Å². The Balaban J connectivity index is 2.47. The van der Waals surface area contributed by atoms with Crippen molar-refractivity contribution in [3.63, 3.8) is 0 Å². The van der Waals surface area contributed by atoms with Crippen LogP contribution in [0, 0.1) is 0 Å². The molecule has 2 aromatic rings. The average molecular weight is 217 g/mol. The van der Waals surface area contributed by atoms with Gasteiger partial charge in [-0.05, 0) is 24.6 Å². The minimum absolute atomic E-state index is 0.500. The van der Waals surface area contributed by atoms with E-state index in [0.717, 1.165) is 23.1 Å². The second-order valence-electron chi connectivity index (χ2n) is 3.65. The lowest BCUT2D eigenvalue weighted by Crippen LogP contribution is -1.98. The standard InChI is InChI=1S/C12H15N3O/c1-2-5-16-8-3-4-11-9(6-8)12(14)10(13)7-15-11/h3-4,6-7H,2,5,13H2,1H3,(H2,14,15). The van der Waals surface area contributed by atoms with E-state index in [1.165, 1.54) is 0 Å². The van der Waals surface area contributed by atoms with Crippen molar-refractivity contribution < 1.29 is 4.74 Å². The topological polar surface area (TPSA) is 74.2 Å². The van der Waals surface area contributed by atoms with Crippen molar-refractivity contribution in [3.05, 3.63) is 24.4 Å². The van der Waals surface area contributed by atoms with Crippen molar-refractivity contribution in [2.75, 3.05) is 18.1 Å². The quantitative estimate of drug-likeness (QED) is 0.826. The molecule has 4 heteroatoms. The third kappa shape index (κ3) is 1.86. The van der Waals surface area contributed by atoms with Crippen LogP contribution in [0.5, 0.6) is 5.75 Å². The Bertz CT molecular complexity index is 511. The molecule has 0 amide bonds. The smallest absolute Gasteiger partial charge is 0.120 e. The zero-order chi connectivity index (χ0) is 11.5. The Morgan fingerprint density at radius 2 is 2.12 bits per heavy atom. The molecule has 0 saturated heterocycles. The molecule has 16 heavy (non-hydrogen) atoms. The van der Waals surface area contributed by atoms with E-state index in [1.54, 1.807) is 6.20 Å². The van der Waals surface area contributed by atoms with Gasteiger partial charge >= 0.3 is 0 Å². The number of rotatable bonds is 3. The van der Waals surface area contributed by atoms with Gasteiger partial charge in [-0.3, -0.25) is 4.98 Å². The van der Waals surface area contributed by atoms with Crippen LogP contribution in [-0.4, -0.2) is 11.6 Å². The third-order valence-electron chi connectivity index (χ3n) is 2.38. The molecule has 4 N–H and O–H groups in total. The molecule has 0 saturated carbocycles. The van der Waals surface area contributed by atoms with Crippen molar-refractivity contribution >= 4 is 22.3 Å². The monoisotopic (exact) mass is 217 g/mol. The molecule has 0 aliphatic rings. The van der Waals surface area contributed by atoms with E-state index in [0.29, 0.717) is 18.0 Å². The zero-order valence-corrected chi connectivity index (χ0v) is 9.23. The van der Waals surface area contributed by atoms with Crippen LogP contribution in [0.1, 0.15) is 13.3 Å². The van der Waals surface area contributed by atoms with Crippen LogP contribution < -0.4 is 16.2 Å². The SMILES string of the molecule is CCCOc1ccc2ncc(N)c(N)c2c1. The van der Waals surface area contributed by atoms with Gasteiger partial charge in [0.25, 0.3) is 0 Å². The summed E-state index contributed by atoms with van der Waals surface area (Å²) in [4.78, 5) is 4.20. The van der Waals surface area contributed by atoms with Crippen molar-refractivity contribution in [2.24, 2.45) is 0 Å². The van der Waals surface area contributed by atoms with Crippen molar-refractivity contribution in [1.82, 2.24) is 4.98 Å². The number of hydrogen-bond donors (Lipinski definition) is 2. The summed E-state index contributed by atoms with van der Waals surface area (Å²) in [6.07, 6.45) is 2.55. The maximum Gasteiger partial charge on any atom is 0.120 e. The number of pyridine rings is 1. The summed E-state index contributed by atoms with van der Waals surface area (Å²) in [5.41, 5.74) is 13.5. The molecule has 1 aromatic carbocycles. The van der Waals surface area contributed by atoms with E-state index in [4.69, 9.17) is 16.2 Å². The van der Waals surface area contributed by atoms with Gasteiger partial charge in [0.1, 0.15) is 5.75 Å². The summed E-state index contributed by atoms with van der Waals surface area (Å²) in [5, 5.41) is 0.841. The second kappa shape index (κ2) is 4.26. The van der Waals surface area contributed by atoms with Gasteiger partial charge in [-0.1, -0.05) is 6.92 Å². The van der Waals surface area contributed by atoms with Crippen LogP contribution in [0.3, 0.4) is 0 Å². The first-order valence-corrected chi connectivity index (χ1v) is 5.29. The number of ether oxygens (including phenoxy) is 1. The highest BCUT2D eigenvalue weighted by molar-refractivity contribution is 5.96. The minimum Gasteiger partial charge on any atom is -0.494 e. The number of anilines is 2. The zero-order valence-electron chi connectivity index (χ0n) is 9.23. The normalized spacial score (nSPS) is 10.6. The van der Waals surface area contributed by atoms with Crippen LogP contribution in [0.2, 0.25) is 0 Å². The fourth-order valence-electron chi connectivity index (χ4n) is 1.52. The Hall–Kier alpha value is -1.97. The van der Waals surface area contributed by atoms with Crippen molar-refractivity contribution in [1.29, 1.82) is 0 Å². The van der Waals surface area contributed by atoms with E-state index >= 15 is 0 Å². The predicted molar refractivity (Wildman–Crippen MR) is 66.4 cm³/mol. The van der Waals surface area contributed by atoms with Crippen molar-refractivity contribution in [2.45, 2.75) is 13.3 Å². The van der Waals surface area contributed by atoms with E-state index in [-0.39, 0.29) is 0 Å². The molecule has 1 heterocycles. The Labute approximate surface area is 94.2 Å². The average Bonchev–Trinajstić information content (AvgIpc) is 2.31. The van der Waals surface area contributed by atoms with Gasteiger partial charge in [0.05, 0.1) is 29.7 Å². The van der Waals surface area contributed by atoms with Gasteiger partial charge in [0.15, 0.2) is 0 Å². The molecule has 1 aromatic heterocycles. The van der Waals surface area contributed by atoms with Crippen LogP contribution in [0.4, 0.5) is 11.4 Å². The second-order valence-corrected chi connectivity index (χ2v) is 3.65. The van der Waals surface area contributed by atoms with Gasteiger partial charge in [-0.25, -0.2) is 0 Å². The Kier molecular flexibility index (Phi) is 2.81. The Morgan fingerprint density at radius 3 is 2.88 bits per heavy atom. The fourth-order valence-corrected chi connectivity index (χ4v) is 1.52. The van der Waals surface area contributed by atoms with Gasteiger partial charge in [-0.2, -0.15) is 0 Å². The summed E-state index contributed by atoms with van der Waals surface area (Å²) < 4.78 is 5.53. The fraction of sp³-hybridized carbons (Fsp3) is 0.250. The van der Waals surface area contributed by atoms with Crippen LogP contribution in [0.15, 0.2) is 24.4 Å². The Morgan fingerprint density at radius 1 is 1.31 bits per heavy atom. The highest BCUT2D eigenvalue weighted by Crippen LogP contribution is 2.27. The number of benzene rings is 1. The maximum absolute atomic E-state index is 5.90. The van der Waals surface area contributed by atoms with E-state index in [2.05, 4.69) is 11.9 Å². The summed E-state index contributed by atoms with van der Waals surface area (Å²) in [6.45, 7) is 2.76. The summed E-state index contributed by atoms with van der Waals surface area (Å²) in [6, 6.07) is 5.65. The number of nitrogens with zero attached hydrogens (tertiary/aromatic N) is 1. The molecule has 84 valence electrons. The number of fused-ring (bicyclic) bond motifs is 1. The molecular weight excluding hydrogens is 202 g/mol. The maximum atomic E-state index is 5.90. The predicted octanol–water partition coefficient (Wildman–Crippen LogP) is 2.19. The highest BCUT2D eigenvalue weighted by Gasteiger charge is 2.04. The summed E-state index contributed by atoms with van der Waals surface area (Å²) >= 11 is 0. The third-order valence-corrected chi connectivity index (χ3v) is 2.38. The molecule has 0 atom stereocenters. The minimum atomic E-state index is 0.500. The van der Waals surface area contributed by atoms with Gasteiger partial charge in [0, 0.05) is 5.39 Å². The molecule has 0 spiro atoms. The lowest BCUT2D eigenvalue weighted by atomic mass is 10.1. The number of hydrogen-bond acceptors (Lipinski definition) is 4. The molecule has 0 radical (unpaired) electrons. The largest absolute Gasteiger partial charge is 0.494 e. The van der Waals surface area contributed by atoms with Gasteiger partial charge in [-0.15, -0.1) is 0 Å². The van der Waals surface area contributed by atoms with Crippen molar-refractivity contribution in [3.8, 4) is 5.75 Å². The van der Waals surface area contributed by atoms with E-state index in [9.17, 15) is 0 Å². The van der Waals surface area contributed by atoms with Crippen LogP contribution in [-0.2, 0) is 0 Å². The number of nitrogen functional groups attached to an aromatic ring is 2. The van der Waals surface area contributed by atoms with E-state index < -0.39 is 0 Å². The molecule has 0 unspecified atom stereocenters. The first-order valence-electron chi connectivity index (χ1n) is 5.29. The molecule has 0 aliphatic carbocycles. The lowest BCUT2D eigenvalue weighted by molar-refractivity contribution is 0.318. The molecule has 4 nitrogen and oxygen atoms in total. The lowest BCUT2D eigenvalue weighted by Gasteiger charge is -2.08. The molecule has 0 aliphatic heterocycles. The van der Waals surface area contributed by atoms with Crippen LogP contribution in [0.25, 0.3) is 10.9 Å². The van der Waals surface area contributed by atoms with Gasteiger partial charge in [0.2, 0.25) is 0 Å². The molecule has 0 fully saturated rings. The number of aromatic nitrogens is 1. The molecule has 0 bridgehead atoms. The number of nitrogens with two attached hydrogens (primary N) is 2. The first-order chi connectivity index (χ1) is 7.72. The molecule has 2 rings (SSSR count). The molecular formula is C12H15N3O.